The molecular formula is C17H12N2O6S. The summed E-state index contributed by atoms with van der Waals surface area (Å²) in [6.07, 6.45) is 0. The van der Waals surface area contributed by atoms with E-state index in [1.54, 1.807) is 0 Å². The number of hydrogen-bond acceptors (Lipinski definition) is 5. The van der Waals surface area contributed by atoms with Crippen LogP contribution in [-0.2, 0) is 0 Å². The third-order valence-electron chi connectivity index (χ3n) is 3.26. The van der Waals surface area contributed by atoms with Crippen LogP contribution in [0.5, 0.6) is 0 Å². The summed E-state index contributed by atoms with van der Waals surface area (Å²) in [6, 6.07) is 11.0. The van der Waals surface area contributed by atoms with Gasteiger partial charge >= 0.3 is 11.9 Å². The van der Waals surface area contributed by atoms with E-state index in [1.807, 2.05) is 0 Å². The molecule has 8 nitrogen and oxygen atoms in total. The maximum absolute atomic E-state index is 12.2. The van der Waals surface area contributed by atoms with Crippen molar-refractivity contribution in [3.05, 3.63) is 70.8 Å². The first-order valence-corrected chi connectivity index (χ1v) is 7.53. The van der Waals surface area contributed by atoms with Crippen molar-refractivity contribution in [2.24, 2.45) is 0 Å². The minimum atomic E-state index is -1.29. The van der Waals surface area contributed by atoms with Gasteiger partial charge in [0.15, 0.2) is 5.11 Å². The Balaban J connectivity index is 2.12. The fourth-order valence-electron chi connectivity index (χ4n) is 2.11. The lowest BCUT2D eigenvalue weighted by atomic mass is 10.1. The Labute approximate surface area is 152 Å². The maximum Gasteiger partial charge on any atom is 0.336 e. The Hall–Kier alpha value is -3.59. The van der Waals surface area contributed by atoms with Gasteiger partial charge in [0.05, 0.1) is 22.3 Å². The van der Waals surface area contributed by atoms with Gasteiger partial charge in [-0.2, -0.15) is 0 Å². The second kappa shape index (κ2) is 7.99. The minimum Gasteiger partial charge on any atom is -0.478 e. The molecular weight excluding hydrogens is 360 g/mol. The van der Waals surface area contributed by atoms with Crippen LogP contribution in [-0.4, -0.2) is 39.1 Å². The van der Waals surface area contributed by atoms with Gasteiger partial charge in [0.2, 0.25) is 0 Å². The Kier molecular flexibility index (Phi) is 5.76. The van der Waals surface area contributed by atoms with E-state index in [9.17, 15) is 19.2 Å². The van der Waals surface area contributed by atoms with Crippen LogP contribution >= 0.6 is 12.2 Å². The molecule has 9 heteroatoms. The Morgan fingerprint density at radius 3 is 1.27 bits per heavy atom. The molecule has 0 fully saturated rings. The van der Waals surface area contributed by atoms with Gasteiger partial charge in [-0.1, -0.05) is 24.3 Å². The first-order chi connectivity index (χ1) is 12.3. The Morgan fingerprint density at radius 2 is 0.962 bits per heavy atom. The van der Waals surface area contributed by atoms with Gasteiger partial charge in [-0.15, -0.1) is 0 Å². The molecule has 132 valence electrons. The molecule has 2 amide bonds. The van der Waals surface area contributed by atoms with E-state index in [2.05, 4.69) is 10.6 Å². The number of benzene rings is 2. The van der Waals surface area contributed by atoms with Crippen LogP contribution in [0.3, 0.4) is 0 Å². The van der Waals surface area contributed by atoms with Crippen LogP contribution in [0.25, 0.3) is 0 Å². The number of amides is 2. The van der Waals surface area contributed by atoms with Gasteiger partial charge in [0.1, 0.15) is 0 Å². The SMILES string of the molecule is O=C(O)c1ccccc1C(=O)NC(=S)NC(=O)c1ccccc1C(=O)O. The molecule has 0 aliphatic heterocycles. The van der Waals surface area contributed by atoms with Crippen LogP contribution in [0.1, 0.15) is 41.4 Å². The van der Waals surface area contributed by atoms with Gasteiger partial charge in [0.25, 0.3) is 11.8 Å². The molecule has 26 heavy (non-hydrogen) atoms. The third-order valence-corrected chi connectivity index (χ3v) is 3.46. The molecule has 0 unspecified atom stereocenters. The third kappa shape index (κ3) is 4.28. The van der Waals surface area contributed by atoms with Gasteiger partial charge in [-0.05, 0) is 36.5 Å². The molecule has 0 bridgehead atoms. The van der Waals surface area contributed by atoms with E-state index in [1.165, 1.54) is 48.5 Å². The number of carbonyl (C=O) groups is 4. The summed E-state index contributed by atoms with van der Waals surface area (Å²) in [4.78, 5) is 46.6. The van der Waals surface area contributed by atoms with Gasteiger partial charge in [0, 0.05) is 0 Å². The number of carbonyl (C=O) groups excluding carboxylic acids is 2. The number of aromatic carboxylic acids is 2. The number of rotatable bonds is 4. The first kappa shape index (κ1) is 18.7. The summed E-state index contributed by atoms with van der Waals surface area (Å²) in [5.41, 5.74) is -0.726. The predicted octanol–water partition coefficient (Wildman–Crippen LogP) is 1.53. The van der Waals surface area contributed by atoms with Crippen molar-refractivity contribution in [2.75, 3.05) is 0 Å². The van der Waals surface area contributed by atoms with Crippen molar-refractivity contribution in [3.8, 4) is 0 Å². The van der Waals surface area contributed by atoms with E-state index >= 15 is 0 Å². The number of carboxylic acids is 2. The molecule has 0 aliphatic rings. The van der Waals surface area contributed by atoms with Gasteiger partial charge < -0.3 is 10.2 Å². The Bertz CT molecular complexity index is 851. The summed E-state index contributed by atoms with van der Waals surface area (Å²) in [5, 5.41) is 22.2. The number of carboxylic acid groups (broad SMARTS) is 2. The molecule has 0 atom stereocenters. The zero-order valence-corrected chi connectivity index (χ0v) is 13.9. The summed E-state index contributed by atoms with van der Waals surface area (Å²) < 4.78 is 0. The maximum atomic E-state index is 12.2. The van der Waals surface area contributed by atoms with Crippen molar-refractivity contribution in [3.63, 3.8) is 0 Å². The zero-order chi connectivity index (χ0) is 19.3. The molecule has 0 aliphatic carbocycles. The molecule has 0 saturated heterocycles. The molecule has 0 saturated carbocycles. The van der Waals surface area contributed by atoms with E-state index < -0.39 is 23.8 Å². The molecule has 0 aromatic heterocycles. The highest BCUT2D eigenvalue weighted by atomic mass is 32.1. The lowest BCUT2D eigenvalue weighted by Crippen LogP contribution is -2.43. The lowest BCUT2D eigenvalue weighted by Gasteiger charge is -2.11. The van der Waals surface area contributed by atoms with Gasteiger partial charge in [-0.3, -0.25) is 20.2 Å². The smallest absolute Gasteiger partial charge is 0.336 e. The normalized spacial score (nSPS) is 9.85. The lowest BCUT2D eigenvalue weighted by molar-refractivity contribution is 0.0683. The summed E-state index contributed by atoms with van der Waals surface area (Å²) in [6.45, 7) is 0. The van der Waals surface area contributed by atoms with E-state index in [-0.39, 0.29) is 27.4 Å². The highest BCUT2D eigenvalue weighted by Crippen LogP contribution is 2.10. The summed E-state index contributed by atoms with van der Waals surface area (Å²) >= 11 is 4.87. The number of hydrogen-bond donors (Lipinski definition) is 4. The van der Waals surface area contributed by atoms with Crippen molar-refractivity contribution < 1.29 is 29.4 Å². The standard InChI is InChI=1S/C17H12N2O6S/c20-13(9-5-1-3-7-11(9)15(22)23)18-17(26)19-14(21)10-6-2-4-8-12(10)16(24)25/h1-8H,(H,22,23)(H,24,25)(H2,18,19,20,21,26). The van der Waals surface area contributed by atoms with Crippen LogP contribution < -0.4 is 10.6 Å². The van der Waals surface area contributed by atoms with Crippen molar-refractivity contribution >= 4 is 41.1 Å². The molecule has 0 spiro atoms. The Morgan fingerprint density at radius 1 is 0.654 bits per heavy atom. The van der Waals surface area contributed by atoms with Crippen molar-refractivity contribution in [1.29, 1.82) is 0 Å². The van der Waals surface area contributed by atoms with Crippen LogP contribution in [0.4, 0.5) is 0 Å². The molecule has 4 N–H and O–H groups in total. The molecule has 2 rings (SSSR count). The topological polar surface area (TPSA) is 133 Å². The van der Waals surface area contributed by atoms with Crippen LogP contribution in [0, 0.1) is 0 Å². The van der Waals surface area contributed by atoms with Gasteiger partial charge in [-0.25, -0.2) is 9.59 Å². The predicted molar refractivity (Wildman–Crippen MR) is 94.3 cm³/mol. The second-order valence-electron chi connectivity index (χ2n) is 4.94. The van der Waals surface area contributed by atoms with Crippen LogP contribution in [0.2, 0.25) is 0 Å². The number of nitrogens with one attached hydrogen (secondary N) is 2. The largest absolute Gasteiger partial charge is 0.478 e. The van der Waals surface area contributed by atoms with Crippen LogP contribution in [0.15, 0.2) is 48.5 Å². The van der Waals surface area contributed by atoms with E-state index in [0.717, 1.165) is 0 Å². The fraction of sp³-hybridized carbons (Fsp3) is 0. The first-order valence-electron chi connectivity index (χ1n) is 7.12. The number of thiocarbonyl (C=S) groups is 1. The summed E-state index contributed by atoms with van der Waals surface area (Å²) in [5.74, 6) is -4.22. The monoisotopic (exact) mass is 372 g/mol. The molecule has 2 aromatic carbocycles. The minimum absolute atomic E-state index is 0.137. The average molecular weight is 372 g/mol. The van der Waals surface area contributed by atoms with E-state index in [0.29, 0.717) is 0 Å². The summed E-state index contributed by atoms with van der Waals surface area (Å²) in [7, 11) is 0. The second-order valence-corrected chi connectivity index (χ2v) is 5.35. The zero-order valence-electron chi connectivity index (χ0n) is 13.1. The molecule has 0 heterocycles. The highest BCUT2D eigenvalue weighted by Gasteiger charge is 2.19. The van der Waals surface area contributed by atoms with Crippen molar-refractivity contribution in [1.82, 2.24) is 10.6 Å². The fourth-order valence-corrected chi connectivity index (χ4v) is 2.29. The van der Waals surface area contributed by atoms with Crippen molar-refractivity contribution in [2.45, 2.75) is 0 Å². The van der Waals surface area contributed by atoms with E-state index in [4.69, 9.17) is 22.4 Å². The average Bonchev–Trinajstić information content (AvgIpc) is 2.61. The quantitative estimate of drug-likeness (QED) is 0.598. The molecule has 2 aromatic rings. The molecule has 0 radical (unpaired) electrons. The highest BCUT2D eigenvalue weighted by molar-refractivity contribution is 7.80.